The molecule has 2 atom stereocenters. The van der Waals surface area contributed by atoms with Crippen LogP contribution in [0.3, 0.4) is 0 Å². The Morgan fingerprint density at radius 3 is 2.59 bits per heavy atom. The number of hydrogen-bond acceptors (Lipinski definition) is 5. The Kier molecular flexibility index (Phi) is 6.73. The molecular formula is C20H25ClN4OS. The summed E-state index contributed by atoms with van der Waals surface area (Å²) in [5.74, 6) is 0.644. The second kappa shape index (κ2) is 9.04. The Bertz CT molecular complexity index is 777. The van der Waals surface area contributed by atoms with Gasteiger partial charge in [0.2, 0.25) is 5.91 Å². The van der Waals surface area contributed by atoms with Crippen molar-refractivity contribution in [2.45, 2.75) is 61.2 Å². The summed E-state index contributed by atoms with van der Waals surface area (Å²) in [5, 5.41) is 7.46. The highest BCUT2D eigenvalue weighted by atomic mass is 35.5. The third kappa shape index (κ3) is 5.21. The van der Waals surface area contributed by atoms with Crippen molar-refractivity contribution in [2.24, 2.45) is 5.92 Å². The zero-order chi connectivity index (χ0) is 17.9. The molecule has 0 radical (unpaired) electrons. The van der Waals surface area contributed by atoms with E-state index >= 15 is 0 Å². The van der Waals surface area contributed by atoms with Crippen LogP contribution >= 0.6 is 24.2 Å². The Labute approximate surface area is 170 Å². The van der Waals surface area contributed by atoms with E-state index in [-0.39, 0.29) is 18.3 Å². The smallest absolute Gasteiger partial charge is 0.224 e. The number of nitrogens with one attached hydrogen (secondary N) is 2. The molecule has 1 amide bonds. The van der Waals surface area contributed by atoms with Gasteiger partial charge in [-0.2, -0.15) is 0 Å². The van der Waals surface area contributed by atoms with E-state index in [0.717, 1.165) is 34.1 Å². The van der Waals surface area contributed by atoms with Crippen molar-refractivity contribution < 1.29 is 4.79 Å². The van der Waals surface area contributed by atoms with Crippen molar-refractivity contribution in [3.05, 3.63) is 42.2 Å². The lowest BCUT2D eigenvalue weighted by Crippen LogP contribution is -2.39. The molecule has 2 saturated heterocycles. The molecule has 2 aromatic rings. The van der Waals surface area contributed by atoms with E-state index in [0.29, 0.717) is 24.4 Å². The second-order valence-corrected chi connectivity index (χ2v) is 8.38. The van der Waals surface area contributed by atoms with Gasteiger partial charge in [0, 0.05) is 41.5 Å². The number of aryl methyl sites for hydroxylation is 1. The molecule has 2 aliphatic heterocycles. The fraction of sp³-hybridized carbons (Fsp3) is 0.450. The first kappa shape index (κ1) is 20.1. The minimum absolute atomic E-state index is 0. The van der Waals surface area contributed by atoms with E-state index in [2.05, 4.69) is 26.7 Å². The number of hydrogen-bond donors (Lipinski definition) is 2. The van der Waals surface area contributed by atoms with Crippen LogP contribution < -0.4 is 10.6 Å². The third-order valence-electron chi connectivity index (χ3n) is 5.27. The van der Waals surface area contributed by atoms with Crippen LogP contribution in [0.25, 0.3) is 0 Å². The molecule has 1 aromatic heterocycles. The maximum atomic E-state index is 12.5. The first-order valence-electron chi connectivity index (χ1n) is 9.27. The molecule has 5 nitrogen and oxygen atoms in total. The van der Waals surface area contributed by atoms with Gasteiger partial charge >= 0.3 is 0 Å². The minimum atomic E-state index is 0. The number of piperidine rings is 1. The zero-order valence-electron chi connectivity index (χ0n) is 15.4. The molecule has 0 aliphatic carbocycles. The molecule has 2 N–H and O–H groups in total. The Balaban J connectivity index is 0.00000210. The molecular weight excluding hydrogens is 380 g/mol. The molecule has 2 aliphatic rings. The lowest BCUT2D eigenvalue weighted by Gasteiger charge is -2.28. The second-order valence-electron chi connectivity index (χ2n) is 7.34. The summed E-state index contributed by atoms with van der Waals surface area (Å²) in [6, 6.07) is 9.12. The molecule has 2 unspecified atom stereocenters. The maximum absolute atomic E-state index is 12.5. The first-order valence-corrected chi connectivity index (χ1v) is 10.1. The van der Waals surface area contributed by atoms with Gasteiger partial charge in [0.05, 0.1) is 0 Å². The van der Waals surface area contributed by atoms with Crippen molar-refractivity contribution in [1.29, 1.82) is 0 Å². The Morgan fingerprint density at radius 1 is 1.22 bits per heavy atom. The predicted octanol–water partition coefficient (Wildman–Crippen LogP) is 4.22. The fourth-order valence-corrected chi connectivity index (χ4v) is 4.90. The lowest BCUT2D eigenvalue weighted by atomic mass is 9.89. The van der Waals surface area contributed by atoms with E-state index in [1.165, 1.54) is 24.6 Å². The third-order valence-corrected chi connectivity index (χ3v) is 6.15. The molecule has 144 valence electrons. The summed E-state index contributed by atoms with van der Waals surface area (Å²) < 4.78 is 0. The number of halogens is 1. The van der Waals surface area contributed by atoms with Gasteiger partial charge in [-0.05, 0) is 80.1 Å². The molecule has 3 heterocycles. The van der Waals surface area contributed by atoms with Crippen molar-refractivity contribution in [3.63, 3.8) is 0 Å². The van der Waals surface area contributed by atoms with Crippen molar-refractivity contribution >= 4 is 35.8 Å². The fourth-order valence-electron chi connectivity index (χ4n) is 4.09. The minimum Gasteiger partial charge on any atom is -0.326 e. The molecule has 2 fully saturated rings. The largest absolute Gasteiger partial charge is 0.326 e. The van der Waals surface area contributed by atoms with Crippen LogP contribution in [0.15, 0.2) is 46.7 Å². The molecule has 4 rings (SSSR count). The highest BCUT2D eigenvalue weighted by molar-refractivity contribution is 7.99. The summed E-state index contributed by atoms with van der Waals surface area (Å²) in [4.78, 5) is 22.0. The Morgan fingerprint density at radius 2 is 1.93 bits per heavy atom. The van der Waals surface area contributed by atoms with E-state index in [9.17, 15) is 4.79 Å². The highest BCUT2D eigenvalue weighted by Crippen LogP contribution is 2.33. The average molecular weight is 405 g/mol. The van der Waals surface area contributed by atoms with E-state index in [1.807, 2.05) is 25.1 Å². The van der Waals surface area contributed by atoms with Crippen LogP contribution in [0.4, 0.5) is 5.69 Å². The SMILES string of the molecule is Cc1cc(Sc2ncccn2)ccc1NC(=O)CC1CC2CCC(C1)N2.Cl. The summed E-state index contributed by atoms with van der Waals surface area (Å²) in [6.45, 7) is 2.02. The van der Waals surface area contributed by atoms with Crippen LogP contribution in [0, 0.1) is 12.8 Å². The lowest BCUT2D eigenvalue weighted by molar-refractivity contribution is -0.117. The first-order chi connectivity index (χ1) is 12.7. The highest BCUT2D eigenvalue weighted by Gasteiger charge is 2.34. The number of nitrogens with zero attached hydrogens (tertiary/aromatic N) is 2. The van der Waals surface area contributed by atoms with Crippen LogP contribution in [-0.4, -0.2) is 28.0 Å². The van der Waals surface area contributed by atoms with Gasteiger partial charge in [-0.3, -0.25) is 4.79 Å². The van der Waals surface area contributed by atoms with Crippen LogP contribution in [-0.2, 0) is 4.79 Å². The predicted molar refractivity (Wildman–Crippen MR) is 110 cm³/mol. The van der Waals surface area contributed by atoms with Crippen molar-refractivity contribution in [1.82, 2.24) is 15.3 Å². The van der Waals surface area contributed by atoms with Crippen molar-refractivity contribution in [2.75, 3.05) is 5.32 Å². The molecule has 1 aromatic carbocycles. The molecule has 0 spiro atoms. The number of anilines is 1. The maximum Gasteiger partial charge on any atom is 0.224 e. The topological polar surface area (TPSA) is 66.9 Å². The Hall–Kier alpha value is -1.63. The average Bonchev–Trinajstić information content (AvgIpc) is 2.97. The number of amides is 1. The number of carbonyl (C=O) groups is 1. The van der Waals surface area contributed by atoms with E-state index in [4.69, 9.17) is 0 Å². The number of carbonyl (C=O) groups excluding carboxylic acids is 1. The van der Waals surface area contributed by atoms with Gasteiger partial charge < -0.3 is 10.6 Å². The van der Waals surface area contributed by atoms with Gasteiger partial charge in [0.1, 0.15) is 0 Å². The van der Waals surface area contributed by atoms with Gasteiger partial charge in [-0.25, -0.2) is 9.97 Å². The van der Waals surface area contributed by atoms with Gasteiger partial charge in [0.25, 0.3) is 0 Å². The number of rotatable bonds is 5. The quantitative estimate of drug-likeness (QED) is 0.730. The van der Waals surface area contributed by atoms with Crippen LogP contribution in [0.5, 0.6) is 0 Å². The molecule has 2 bridgehead atoms. The van der Waals surface area contributed by atoms with E-state index in [1.54, 1.807) is 12.4 Å². The summed E-state index contributed by atoms with van der Waals surface area (Å²) in [6.07, 6.45) is 8.92. The summed E-state index contributed by atoms with van der Waals surface area (Å²) >= 11 is 1.52. The summed E-state index contributed by atoms with van der Waals surface area (Å²) in [5.41, 5.74) is 1.95. The standard InChI is InChI=1S/C20H24N4OS.ClH/c1-13-9-17(26-20-21-7-2-8-22-20)5-6-18(13)24-19(25)12-14-10-15-3-4-16(11-14)23-15;/h2,5-9,14-16,23H,3-4,10-12H2,1H3,(H,24,25);1H. The van der Waals surface area contributed by atoms with Crippen molar-refractivity contribution in [3.8, 4) is 0 Å². The number of aromatic nitrogens is 2. The summed E-state index contributed by atoms with van der Waals surface area (Å²) in [7, 11) is 0. The van der Waals surface area contributed by atoms with E-state index < -0.39 is 0 Å². The molecule has 7 heteroatoms. The molecule has 27 heavy (non-hydrogen) atoms. The van der Waals surface area contributed by atoms with Gasteiger partial charge in [-0.15, -0.1) is 12.4 Å². The van der Waals surface area contributed by atoms with Crippen LogP contribution in [0.2, 0.25) is 0 Å². The monoisotopic (exact) mass is 404 g/mol. The zero-order valence-corrected chi connectivity index (χ0v) is 17.0. The molecule has 0 saturated carbocycles. The van der Waals surface area contributed by atoms with Gasteiger partial charge in [0.15, 0.2) is 5.16 Å². The van der Waals surface area contributed by atoms with Crippen LogP contribution in [0.1, 0.15) is 37.7 Å². The van der Waals surface area contributed by atoms with Gasteiger partial charge in [-0.1, -0.05) is 0 Å². The number of fused-ring (bicyclic) bond motifs is 2. The number of benzene rings is 1. The normalized spacial score (nSPS) is 23.5.